The second-order valence-electron chi connectivity index (χ2n) is 3.19. The highest BCUT2D eigenvalue weighted by Gasteiger charge is 2.09. The predicted molar refractivity (Wildman–Crippen MR) is 58.6 cm³/mol. The lowest BCUT2D eigenvalue weighted by Gasteiger charge is -2.27. The van der Waals surface area contributed by atoms with E-state index in [2.05, 4.69) is 15.8 Å². The highest BCUT2D eigenvalue weighted by atomic mass is 35.5. The zero-order valence-electron chi connectivity index (χ0n) is 7.83. The van der Waals surface area contributed by atoms with Crippen LogP contribution in [0.3, 0.4) is 0 Å². The van der Waals surface area contributed by atoms with Crippen molar-refractivity contribution in [3.8, 4) is 0 Å². The molecule has 0 radical (unpaired) electrons. The topological polar surface area (TPSA) is 24.5 Å². The molecule has 14 heavy (non-hydrogen) atoms. The largest absolute Gasteiger partial charge is 0.379 e. The van der Waals surface area contributed by atoms with Crippen LogP contribution in [-0.2, 0) is 11.3 Å². The summed E-state index contributed by atoms with van der Waals surface area (Å²) in [6.07, 6.45) is 0. The SMILES string of the molecule is Clc1cc(CNN2CCOCC2)cs1. The van der Waals surface area contributed by atoms with Gasteiger partial charge < -0.3 is 4.74 Å². The first-order valence-corrected chi connectivity index (χ1v) is 5.89. The first-order chi connectivity index (χ1) is 6.84. The third kappa shape index (κ3) is 2.93. The highest BCUT2D eigenvalue weighted by Crippen LogP contribution is 2.19. The van der Waals surface area contributed by atoms with Crippen molar-refractivity contribution in [3.63, 3.8) is 0 Å². The Kier molecular flexibility index (Phi) is 3.78. The zero-order valence-corrected chi connectivity index (χ0v) is 9.40. The van der Waals surface area contributed by atoms with Crippen molar-refractivity contribution in [2.24, 2.45) is 0 Å². The van der Waals surface area contributed by atoms with E-state index >= 15 is 0 Å². The van der Waals surface area contributed by atoms with E-state index < -0.39 is 0 Å². The second kappa shape index (κ2) is 5.09. The van der Waals surface area contributed by atoms with Crippen molar-refractivity contribution in [1.82, 2.24) is 10.4 Å². The van der Waals surface area contributed by atoms with Gasteiger partial charge in [0.05, 0.1) is 17.6 Å². The van der Waals surface area contributed by atoms with Crippen molar-refractivity contribution >= 4 is 22.9 Å². The summed E-state index contributed by atoms with van der Waals surface area (Å²) in [5.74, 6) is 0. The summed E-state index contributed by atoms with van der Waals surface area (Å²) >= 11 is 7.41. The molecule has 3 nitrogen and oxygen atoms in total. The minimum absolute atomic E-state index is 0.817. The fourth-order valence-electron chi connectivity index (χ4n) is 1.36. The van der Waals surface area contributed by atoms with E-state index in [0.29, 0.717) is 0 Å². The fraction of sp³-hybridized carbons (Fsp3) is 0.556. The smallest absolute Gasteiger partial charge is 0.0931 e. The second-order valence-corrected chi connectivity index (χ2v) is 4.74. The van der Waals surface area contributed by atoms with Crippen molar-refractivity contribution < 1.29 is 4.74 Å². The molecule has 0 amide bonds. The molecule has 1 aromatic heterocycles. The number of ether oxygens (including phenoxy) is 1. The maximum Gasteiger partial charge on any atom is 0.0931 e. The maximum absolute atomic E-state index is 5.84. The molecule has 1 aromatic rings. The summed E-state index contributed by atoms with van der Waals surface area (Å²) in [6.45, 7) is 4.40. The van der Waals surface area contributed by atoms with Gasteiger partial charge in [0.2, 0.25) is 0 Å². The zero-order chi connectivity index (χ0) is 9.80. The molecule has 2 rings (SSSR count). The number of morpholine rings is 1. The van der Waals surface area contributed by atoms with Gasteiger partial charge in [-0.25, -0.2) is 5.01 Å². The molecule has 1 aliphatic rings. The first kappa shape index (κ1) is 10.4. The number of nitrogens with zero attached hydrogens (tertiary/aromatic N) is 1. The van der Waals surface area contributed by atoms with E-state index in [1.54, 1.807) is 11.3 Å². The number of rotatable bonds is 3. The molecule has 0 unspecified atom stereocenters. The van der Waals surface area contributed by atoms with E-state index in [1.807, 2.05) is 6.07 Å². The van der Waals surface area contributed by atoms with Crippen LogP contribution in [0.1, 0.15) is 5.56 Å². The van der Waals surface area contributed by atoms with E-state index in [1.165, 1.54) is 5.56 Å². The Morgan fingerprint density at radius 3 is 2.93 bits per heavy atom. The molecule has 1 aliphatic heterocycles. The van der Waals surface area contributed by atoms with Gasteiger partial charge in [-0.2, -0.15) is 0 Å². The molecule has 0 aliphatic carbocycles. The number of hydrazine groups is 1. The molecule has 1 saturated heterocycles. The minimum atomic E-state index is 0.817. The molecular formula is C9H13ClN2OS. The molecule has 0 spiro atoms. The average Bonchev–Trinajstić information content (AvgIpc) is 2.63. The Labute approximate surface area is 92.6 Å². The van der Waals surface area contributed by atoms with Crippen LogP contribution in [0, 0.1) is 0 Å². The Balaban J connectivity index is 1.76. The lowest BCUT2D eigenvalue weighted by atomic mass is 10.3. The van der Waals surface area contributed by atoms with Crippen LogP contribution in [0.2, 0.25) is 4.34 Å². The van der Waals surface area contributed by atoms with Crippen molar-refractivity contribution in [3.05, 3.63) is 21.3 Å². The number of hydrogen-bond donors (Lipinski definition) is 1. The molecule has 0 atom stereocenters. The number of hydrogen-bond acceptors (Lipinski definition) is 4. The third-order valence-electron chi connectivity index (χ3n) is 2.14. The van der Waals surface area contributed by atoms with Gasteiger partial charge in [-0.05, 0) is 17.0 Å². The molecule has 0 bridgehead atoms. The fourth-order valence-corrected chi connectivity index (χ4v) is 2.27. The molecule has 1 N–H and O–H groups in total. The van der Waals surface area contributed by atoms with Crippen LogP contribution >= 0.6 is 22.9 Å². The number of halogens is 1. The van der Waals surface area contributed by atoms with Gasteiger partial charge in [-0.1, -0.05) is 11.6 Å². The molecule has 5 heteroatoms. The van der Waals surface area contributed by atoms with E-state index in [0.717, 1.165) is 37.2 Å². The molecular weight excluding hydrogens is 220 g/mol. The lowest BCUT2D eigenvalue weighted by Crippen LogP contribution is -2.45. The molecule has 2 heterocycles. The van der Waals surface area contributed by atoms with Gasteiger partial charge in [0.1, 0.15) is 0 Å². The van der Waals surface area contributed by atoms with Gasteiger partial charge in [0, 0.05) is 19.6 Å². The van der Waals surface area contributed by atoms with E-state index in [-0.39, 0.29) is 0 Å². The monoisotopic (exact) mass is 232 g/mol. The quantitative estimate of drug-likeness (QED) is 0.859. The number of thiophene rings is 1. The van der Waals surface area contributed by atoms with Crippen LogP contribution in [0.5, 0.6) is 0 Å². The highest BCUT2D eigenvalue weighted by molar-refractivity contribution is 7.14. The molecule has 1 fully saturated rings. The Morgan fingerprint density at radius 1 is 1.50 bits per heavy atom. The van der Waals surface area contributed by atoms with E-state index in [9.17, 15) is 0 Å². The van der Waals surface area contributed by atoms with Crippen LogP contribution in [0.4, 0.5) is 0 Å². The first-order valence-electron chi connectivity index (χ1n) is 4.64. The summed E-state index contributed by atoms with van der Waals surface area (Å²) in [5.41, 5.74) is 4.59. The van der Waals surface area contributed by atoms with E-state index in [4.69, 9.17) is 16.3 Å². The van der Waals surface area contributed by atoms with Gasteiger partial charge in [-0.15, -0.1) is 11.3 Å². The van der Waals surface area contributed by atoms with Gasteiger partial charge in [0.15, 0.2) is 0 Å². The summed E-state index contributed by atoms with van der Waals surface area (Å²) in [7, 11) is 0. The van der Waals surface area contributed by atoms with Crippen molar-refractivity contribution in [1.29, 1.82) is 0 Å². The molecule has 0 saturated carbocycles. The lowest BCUT2D eigenvalue weighted by molar-refractivity contribution is 0.0106. The van der Waals surface area contributed by atoms with Crippen LogP contribution in [-0.4, -0.2) is 31.3 Å². The van der Waals surface area contributed by atoms with Crippen LogP contribution in [0.25, 0.3) is 0 Å². The van der Waals surface area contributed by atoms with Crippen LogP contribution in [0.15, 0.2) is 11.4 Å². The number of nitrogens with one attached hydrogen (secondary N) is 1. The normalized spacial score (nSPS) is 18.6. The standard InChI is InChI=1S/C9H13ClN2OS/c10-9-5-8(7-14-9)6-11-12-1-3-13-4-2-12/h5,7,11H,1-4,6H2. The van der Waals surface area contributed by atoms with Crippen molar-refractivity contribution in [2.75, 3.05) is 26.3 Å². The van der Waals surface area contributed by atoms with Gasteiger partial charge >= 0.3 is 0 Å². The maximum atomic E-state index is 5.84. The van der Waals surface area contributed by atoms with Crippen molar-refractivity contribution in [2.45, 2.75) is 6.54 Å². The van der Waals surface area contributed by atoms with Gasteiger partial charge in [-0.3, -0.25) is 5.43 Å². The average molecular weight is 233 g/mol. The Hall–Kier alpha value is -0.130. The van der Waals surface area contributed by atoms with Crippen LogP contribution < -0.4 is 5.43 Å². The summed E-state index contributed by atoms with van der Waals surface area (Å²) in [5, 5.41) is 4.27. The predicted octanol–water partition coefficient (Wildman–Crippen LogP) is 1.74. The van der Waals surface area contributed by atoms with Gasteiger partial charge in [0.25, 0.3) is 0 Å². The minimum Gasteiger partial charge on any atom is -0.379 e. The summed E-state index contributed by atoms with van der Waals surface area (Å²) in [6, 6.07) is 2.00. The summed E-state index contributed by atoms with van der Waals surface area (Å²) < 4.78 is 6.11. The Bertz CT molecular complexity index is 286. The molecule has 78 valence electrons. The molecule has 0 aromatic carbocycles. The third-order valence-corrected chi connectivity index (χ3v) is 3.28. The summed E-state index contributed by atoms with van der Waals surface area (Å²) in [4.78, 5) is 0. The Morgan fingerprint density at radius 2 is 2.29 bits per heavy atom.